The lowest BCUT2D eigenvalue weighted by molar-refractivity contribution is -0.120. The molecule has 1 aliphatic carbocycles. The van der Waals surface area contributed by atoms with Crippen LogP contribution in [0.25, 0.3) is 0 Å². The molecule has 92 valence electrons. The van der Waals surface area contributed by atoms with Crippen LogP contribution >= 0.6 is 0 Å². The zero-order chi connectivity index (χ0) is 12.3. The lowest BCUT2D eigenvalue weighted by Gasteiger charge is -2.18. The van der Waals surface area contributed by atoms with Crippen molar-refractivity contribution >= 4 is 11.6 Å². The van der Waals surface area contributed by atoms with Crippen molar-refractivity contribution in [3.8, 4) is 0 Å². The molecule has 0 radical (unpaired) electrons. The Bertz CT molecular complexity index is 397. The number of nitrogens with one attached hydrogen (secondary N) is 1. The summed E-state index contributed by atoms with van der Waals surface area (Å²) in [4.78, 5) is 16.2. The predicted octanol–water partition coefficient (Wildman–Crippen LogP) is 3.15. The Hall–Kier alpha value is -1.38. The molecule has 17 heavy (non-hydrogen) atoms. The standard InChI is InChI=1S/C14H20N2O/c1-10-9-13(7-8-15-10)16-14(17)11(2)12-5-3-4-6-12/h7-9,11-12H,3-6H2,1-2H3,(H,15,16,17). The summed E-state index contributed by atoms with van der Waals surface area (Å²) in [5.74, 6) is 0.825. The van der Waals surface area contributed by atoms with Gasteiger partial charge in [0.1, 0.15) is 0 Å². The van der Waals surface area contributed by atoms with Crippen LogP contribution < -0.4 is 5.32 Å². The second kappa shape index (κ2) is 5.30. The van der Waals surface area contributed by atoms with Gasteiger partial charge in [0.15, 0.2) is 0 Å². The lowest BCUT2D eigenvalue weighted by atomic mass is 9.92. The van der Waals surface area contributed by atoms with Gasteiger partial charge in [-0.25, -0.2) is 0 Å². The Kier molecular flexibility index (Phi) is 3.77. The van der Waals surface area contributed by atoms with Crippen LogP contribution in [-0.4, -0.2) is 10.9 Å². The molecular weight excluding hydrogens is 212 g/mol. The summed E-state index contributed by atoms with van der Waals surface area (Å²) in [7, 11) is 0. The zero-order valence-electron chi connectivity index (χ0n) is 10.6. The molecule has 1 unspecified atom stereocenters. The van der Waals surface area contributed by atoms with Crippen LogP contribution in [0.15, 0.2) is 18.3 Å². The number of carbonyl (C=O) groups excluding carboxylic acids is 1. The molecule has 1 fully saturated rings. The average Bonchev–Trinajstić information content (AvgIpc) is 2.81. The molecule has 3 heteroatoms. The predicted molar refractivity (Wildman–Crippen MR) is 68.7 cm³/mol. The van der Waals surface area contributed by atoms with E-state index in [0.29, 0.717) is 5.92 Å². The molecule has 1 atom stereocenters. The van der Waals surface area contributed by atoms with Gasteiger partial charge < -0.3 is 5.32 Å². The van der Waals surface area contributed by atoms with E-state index in [-0.39, 0.29) is 11.8 Å². The van der Waals surface area contributed by atoms with Gasteiger partial charge in [0.2, 0.25) is 5.91 Å². The molecule has 0 saturated heterocycles. The molecule has 0 bridgehead atoms. The third-order valence-electron chi connectivity index (χ3n) is 3.68. The first-order chi connectivity index (χ1) is 8.16. The highest BCUT2D eigenvalue weighted by atomic mass is 16.1. The quantitative estimate of drug-likeness (QED) is 0.869. The minimum Gasteiger partial charge on any atom is -0.326 e. The van der Waals surface area contributed by atoms with Gasteiger partial charge in [-0.2, -0.15) is 0 Å². The van der Waals surface area contributed by atoms with E-state index in [9.17, 15) is 4.79 Å². The number of aromatic nitrogens is 1. The second-order valence-electron chi connectivity index (χ2n) is 5.01. The number of pyridine rings is 1. The number of anilines is 1. The summed E-state index contributed by atoms with van der Waals surface area (Å²) < 4.78 is 0. The third-order valence-corrected chi connectivity index (χ3v) is 3.68. The highest BCUT2D eigenvalue weighted by molar-refractivity contribution is 5.92. The maximum Gasteiger partial charge on any atom is 0.227 e. The van der Waals surface area contributed by atoms with Gasteiger partial charge in [-0.1, -0.05) is 19.8 Å². The summed E-state index contributed by atoms with van der Waals surface area (Å²) in [6.45, 7) is 3.97. The number of aryl methyl sites for hydroxylation is 1. The molecule has 3 nitrogen and oxygen atoms in total. The van der Waals surface area contributed by atoms with Crippen LogP contribution in [0.5, 0.6) is 0 Å². The van der Waals surface area contributed by atoms with E-state index in [4.69, 9.17) is 0 Å². The second-order valence-corrected chi connectivity index (χ2v) is 5.01. The topological polar surface area (TPSA) is 42.0 Å². The van der Waals surface area contributed by atoms with Crippen LogP contribution in [-0.2, 0) is 4.79 Å². The fourth-order valence-electron chi connectivity index (χ4n) is 2.55. The largest absolute Gasteiger partial charge is 0.326 e. The van der Waals surface area contributed by atoms with Gasteiger partial charge in [0.25, 0.3) is 0 Å². The first-order valence-electron chi connectivity index (χ1n) is 6.40. The molecule has 0 aliphatic heterocycles. The number of hydrogen-bond acceptors (Lipinski definition) is 2. The number of amides is 1. The molecule has 2 rings (SSSR count). The van der Waals surface area contributed by atoms with Gasteiger partial charge >= 0.3 is 0 Å². The Balaban J connectivity index is 1.96. The Morgan fingerprint density at radius 3 is 2.82 bits per heavy atom. The first-order valence-corrected chi connectivity index (χ1v) is 6.40. The van der Waals surface area contributed by atoms with Crippen LogP contribution in [0.2, 0.25) is 0 Å². The van der Waals surface area contributed by atoms with Crippen molar-refractivity contribution in [1.82, 2.24) is 4.98 Å². The number of rotatable bonds is 3. The molecule has 0 aromatic carbocycles. The van der Waals surface area contributed by atoms with Crippen molar-refractivity contribution in [1.29, 1.82) is 0 Å². The van der Waals surface area contributed by atoms with Crippen molar-refractivity contribution in [2.75, 3.05) is 5.32 Å². The van der Waals surface area contributed by atoms with E-state index in [1.165, 1.54) is 25.7 Å². The van der Waals surface area contributed by atoms with E-state index >= 15 is 0 Å². The third kappa shape index (κ3) is 3.05. The molecule has 1 heterocycles. The molecule has 1 aromatic rings. The normalized spacial score (nSPS) is 18.0. The van der Waals surface area contributed by atoms with Crippen molar-refractivity contribution in [3.05, 3.63) is 24.0 Å². The molecule has 1 saturated carbocycles. The summed E-state index contributed by atoms with van der Waals surface area (Å²) in [6, 6.07) is 3.74. The summed E-state index contributed by atoms with van der Waals surface area (Å²) >= 11 is 0. The molecule has 0 spiro atoms. The Morgan fingerprint density at radius 2 is 2.18 bits per heavy atom. The van der Waals surface area contributed by atoms with E-state index < -0.39 is 0 Å². The van der Waals surface area contributed by atoms with Crippen LogP contribution in [0, 0.1) is 18.8 Å². The van der Waals surface area contributed by atoms with Crippen molar-refractivity contribution < 1.29 is 4.79 Å². The molecule has 1 amide bonds. The summed E-state index contributed by atoms with van der Waals surface area (Å²) in [5, 5.41) is 2.98. The fraction of sp³-hybridized carbons (Fsp3) is 0.571. The van der Waals surface area contributed by atoms with Crippen molar-refractivity contribution in [2.45, 2.75) is 39.5 Å². The SMILES string of the molecule is Cc1cc(NC(=O)C(C)C2CCCC2)ccn1. The first kappa shape index (κ1) is 12.1. The fourth-order valence-corrected chi connectivity index (χ4v) is 2.55. The number of carbonyl (C=O) groups is 1. The van der Waals surface area contributed by atoms with Gasteiger partial charge in [-0.05, 0) is 37.8 Å². The highest BCUT2D eigenvalue weighted by Gasteiger charge is 2.26. The Morgan fingerprint density at radius 1 is 1.47 bits per heavy atom. The summed E-state index contributed by atoms with van der Waals surface area (Å²) in [5.41, 5.74) is 1.78. The minimum absolute atomic E-state index is 0.117. The van der Waals surface area contributed by atoms with Gasteiger partial charge in [-0.15, -0.1) is 0 Å². The van der Waals surface area contributed by atoms with Crippen LogP contribution in [0.4, 0.5) is 5.69 Å². The molecular formula is C14H20N2O. The monoisotopic (exact) mass is 232 g/mol. The van der Waals surface area contributed by atoms with Crippen molar-refractivity contribution in [2.24, 2.45) is 11.8 Å². The number of nitrogens with zero attached hydrogens (tertiary/aromatic N) is 1. The lowest BCUT2D eigenvalue weighted by Crippen LogP contribution is -2.25. The van der Waals surface area contributed by atoms with Crippen LogP contribution in [0.1, 0.15) is 38.3 Å². The summed E-state index contributed by atoms with van der Waals surface area (Å²) in [6.07, 6.45) is 6.67. The molecule has 1 aliphatic rings. The van der Waals surface area contributed by atoms with Gasteiger partial charge in [0.05, 0.1) is 0 Å². The zero-order valence-corrected chi connectivity index (χ0v) is 10.6. The Labute approximate surface area is 103 Å². The van der Waals surface area contributed by atoms with E-state index in [1.807, 2.05) is 26.0 Å². The smallest absolute Gasteiger partial charge is 0.227 e. The average molecular weight is 232 g/mol. The molecule has 1 aromatic heterocycles. The van der Waals surface area contributed by atoms with Crippen molar-refractivity contribution in [3.63, 3.8) is 0 Å². The minimum atomic E-state index is 0.117. The van der Waals surface area contributed by atoms with Crippen LogP contribution in [0.3, 0.4) is 0 Å². The molecule has 1 N–H and O–H groups in total. The highest BCUT2D eigenvalue weighted by Crippen LogP contribution is 2.31. The van der Waals surface area contributed by atoms with Gasteiger partial charge in [0, 0.05) is 23.5 Å². The van der Waals surface area contributed by atoms with E-state index in [1.54, 1.807) is 6.20 Å². The van der Waals surface area contributed by atoms with Gasteiger partial charge in [-0.3, -0.25) is 9.78 Å². The maximum atomic E-state index is 12.1. The van der Waals surface area contributed by atoms with E-state index in [2.05, 4.69) is 10.3 Å². The van der Waals surface area contributed by atoms with E-state index in [0.717, 1.165) is 11.4 Å². The maximum absolute atomic E-state index is 12.1. The number of hydrogen-bond donors (Lipinski definition) is 1.